The molecule has 2 aliphatic rings. The van der Waals surface area contributed by atoms with Crippen LogP contribution in [0, 0.1) is 5.82 Å². The summed E-state index contributed by atoms with van der Waals surface area (Å²) in [6, 6.07) is 6.09. The van der Waals surface area contributed by atoms with Crippen LogP contribution in [0.25, 0.3) is 0 Å². The topological polar surface area (TPSA) is 58.1 Å². The number of aliphatic imine (C=N–C) groups is 1. The Morgan fingerprint density at radius 1 is 1.21 bits per heavy atom. The van der Waals surface area contributed by atoms with Crippen LogP contribution in [0.5, 0.6) is 5.75 Å². The SMILES string of the molecule is CN=C(NCC(C)Oc1ccc(F)cc1)NCC1(N2CCCC2)CCOCC1.I. The summed E-state index contributed by atoms with van der Waals surface area (Å²) < 4.78 is 24.4. The minimum atomic E-state index is -0.261. The average Bonchev–Trinajstić information content (AvgIpc) is 3.26. The molecule has 0 aliphatic carbocycles. The maximum atomic E-state index is 13.0. The molecule has 2 N–H and O–H groups in total. The van der Waals surface area contributed by atoms with Crippen LogP contribution in [-0.4, -0.2) is 68.9 Å². The van der Waals surface area contributed by atoms with Crippen LogP contribution in [0.4, 0.5) is 4.39 Å². The first kappa shape index (κ1) is 24.1. The van der Waals surface area contributed by atoms with Crippen LogP contribution in [0.3, 0.4) is 0 Å². The molecule has 0 saturated carbocycles. The van der Waals surface area contributed by atoms with E-state index in [1.165, 1.54) is 38.1 Å². The molecule has 3 rings (SSSR count). The van der Waals surface area contributed by atoms with Crippen LogP contribution in [0.1, 0.15) is 32.6 Å². The summed E-state index contributed by atoms with van der Waals surface area (Å²) in [5, 5.41) is 6.86. The van der Waals surface area contributed by atoms with Crippen LogP contribution < -0.4 is 15.4 Å². The summed E-state index contributed by atoms with van der Waals surface area (Å²) in [6.07, 6.45) is 4.61. The van der Waals surface area contributed by atoms with E-state index in [2.05, 4.69) is 20.5 Å². The molecule has 29 heavy (non-hydrogen) atoms. The average molecular weight is 520 g/mol. The summed E-state index contributed by atoms with van der Waals surface area (Å²) in [5.41, 5.74) is 0.155. The van der Waals surface area contributed by atoms with Crippen molar-refractivity contribution < 1.29 is 13.9 Å². The quantitative estimate of drug-likeness (QED) is 0.329. The van der Waals surface area contributed by atoms with E-state index in [4.69, 9.17) is 9.47 Å². The fourth-order valence-corrected chi connectivity index (χ4v) is 4.04. The Morgan fingerprint density at radius 3 is 2.48 bits per heavy atom. The van der Waals surface area contributed by atoms with E-state index in [0.29, 0.717) is 12.3 Å². The molecule has 2 fully saturated rings. The summed E-state index contributed by atoms with van der Waals surface area (Å²) >= 11 is 0. The van der Waals surface area contributed by atoms with Crippen molar-refractivity contribution in [1.29, 1.82) is 0 Å². The lowest BCUT2D eigenvalue weighted by molar-refractivity contribution is -0.0164. The monoisotopic (exact) mass is 520 g/mol. The lowest BCUT2D eigenvalue weighted by Crippen LogP contribution is -2.58. The van der Waals surface area contributed by atoms with E-state index >= 15 is 0 Å². The first-order valence-electron chi connectivity index (χ1n) is 10.3. The number of halogens is 2. The van der Waals surface area contributed by atoms with E-state index in [1.54, 1.807) is 19.2 Å². The Hall–Kier alpha value is -1.13. The molecule has 0 spiro atoms. The number of nitrogens with one attached hydrogen (secondary N) is 2. The standard InChI is InChI=1S/C21H33FN4O2.HI/c1-17(28-19-7-5-18(22)6-8-19)15-24-20(23-2)25-16-21(9-13-27-14-10-21)26-11-3-4-12-26;/h5-8,17H,3-4,9-16H2,1-2H3,(H2,23,24,25);1H. The van der Waals surface area contributed by atoms with Crippen molar-refractivity contribution in [2.75, 3.05) is 46.4 Å². The molecule has 1 unspecified atom stereocenters. The first-order chi connectivity index (χ1) is 13.6. The molecule has 1 atom stereocenters. The molecule has 0 amide bonds. The van der Waals surface area contributed by atoms with Crippen molar-refractivity contribution in [3.8, 4) is 5.75 Å². The van der Waals surface area contributed by atoms with E-state index in [9.17, 15) is 4.39 Å². The third-order valence-corrected chi connectivity index (χ3v) is 5.72. The minimum Gasteiger partial charge on any atom is -0.489 e. The Labute approximate surface area is 190 Å². The van der Waals surface area contributed by atoms with Gasteiger partial charge in [-0.25, -0.2) is 4.39 Å². The fourth-order valence-electron chi connectivity index (χ4n) is 4.04. The molecule has 1 aromatic carbocycles. The zero-order chi connectivity index (χ0) is 19.8. The van der Waals surface area contributed by atoms with Crippen molar-refractivity contribution in [3.05, 3.63) is 30.1 Å². The van der Waals surface area contributed by atoms with Gasteiger partial charge in [0.2, 0.25) is 0 Å². The van der Waals surface area contributed by atoms with Crippen molar-refractivity contribution in [1.82, 2.24) is 15.5 Å². The van der Waals surface area contributed by atoms with Crippen LogP contribution >= 0.6 is 24.0 Å². The molecule has 0 bridgehead atoms. The highest BCUT2D eigenvalue weighted by molar-refractivity contribution is 14.0. The highest BCUT2D eigenvalue weighted by Gasteiger charge is 2.39. The molecule has 2 saturated heterocycles. The number of guanidine groups is 1. The van der Waals surface area contributed by atoms with Crippen molar-refractivity contribution in [2.24, 2.45) is 4.99 Å². The summed E-state index contributed by atoms with van der Waals surface area (Å²) in [6.45, 7) is 7.46. The molecule has 6 nitrogen and oxygen atoms in total. The van der Waals surface area contributed by atoms with E-state index in [-0.39, 0.29) is 41.4 Å². The molecular formula is C21H34FIN4O2. The zero-order valence-corrected chi connectivity index (χ0v) is 19.8. The van der Waals surface area contributed by atoms with Gasteiger partial charge in [0.1, 0.15) is 17.7 Å². The van der Waals surface area contributed by atoms with Gasteiger partial charge >= 0.3 is 0 Å². The fraction of sp³-hybridized carbons (Fsp3) is 0.667. The van der Waals surface area contributed by atoms with Gasteiger partial charge in [-0.15, -0.1) is 24.0 Å². The second kappa shape index (κ2) is 11.9. The van der Waals surface area contributed by atoms with Crippen molar-refractivity contribution >= 4 is 29.9 Å². The highest BCUT2D eigenvalue weighted by Crippen LogP contribution is 2.30. The van der Waals surface area contributed by atoms with Gasteiger partial charge in [-0.05, 0) is 70.0 Å². The maximum Gasteiger partial charge on any atom is 0.191 e. The number of benzene rings is 1. The zero-order valence-electron chi connectivity index (χ0n) is 17.5. The number of nitrogens with zero attached hydrogens (tertiary/aromatic N) is 2. The van der Waals surface area contributed by atoms with Crippen molar-refractivity contribution in [3.63, 3.8) is 0 Å². The first-order valence-corrected chi connectivity index (χ1v) is 10.3. The lowest BCUT2D eigenvalue weighted by Gasteiger charge is -2.45. The van der Waals surface area contributed by atoms with Gasteiger partial charge in [0.05, 0.1) is 6.54 Å². The van der Waals surface area contributed by atoms with Gasteiger partial charge in [-0.1, -0.05) is 0 Å². The number of hydrogen-bond donors (Lipinski definition) is 2. The predicted octanol–water partition coefficient (Wildman–Crippen LogP) is 3.02. The normalized spacial score (nSPS) is 20.6. The Balaban J connectivity index is 0.00000300. The van der Waals surface area contributed by atoms with E-state index < -0.39 is 0 Å². The maximum absolute atomic E-state index is 13.0. The predicted molar refractivity (Wildman–Crippen MR) is 125 cm³/mol. The van der Waals surface area contributed by atoms with Gasteiger partial charge in [-0.2, -0.15) is 0 Å². The second-order valence-electron chi connectivity index (χ2n) is 7.72. The lowest BCUT2D eigenvalue weighted by atomic mass is 9.88. The second-order valence-corrected chi connectivity index (χ2v) is 7.72. The van der Waals surface area contributed by atoms with Crippen molar-refractivity contribution in [2.45, 2.75) is 44.2 Å². The van der Waals surface area contributed by atoms with Crippen LogP contribution in [-0.2, 0) is 4.74 Å². The van der Waals surface area contributed by atoms with Crippen LogP contribution in [0.2, 0.25) is 0 Å². The van der Waals surface area contributed by atoms with E-state index in [0.717, 1.165) is 38.6 Å². The smallest absolute Gasteiger partial charge is 0.191 e. The number of rotatable bonds is 7. The van der Waals surface area contributed by atoms with Gasteiger partial charge < -0.3 is 20.1 Å². The number of ether oxygens (including phenoxy) is 2. The summed E-state index contributed by atoms with van der Waals surface area (Å²) in [7, 11) is 1.79. The van der Waals surface area contributed by atoms with Gasteiger partial charge in [-0.3, -0.25) is 9.89 Å². The van der Waals surface area contributed by atoms with E-state index in [1.807, 2.05) is 6.92 Å². The summed E-state index contributed by atoms with van der Waals surface area (Å²) in [5.74, 6) is 1.18. The Kier molecular flexibility index (Phi) is 9.91. The summed E-state index contributed by atoms with van der Waals surface area (Å²) in [4.78, 5) is 7.00. The molecule has 2 aliphatic heterocycles. The molecule has 0 aromatic heterocycles. The molecule has 8 heteroatoms. The van der Waals surface area contributed by atoms with Crippen LogP contribution in [0.15, 0.2) is 29.3 Å². The van der Waals surface area contributed by atoms with Gasteiger partial charge in [0.25, 0.3) is 0 Å². The van der Waals surface area contributed by atoms with Gasteiger partial charge in [0.15, 0.2) is 5.96 Å². The molecule has 164 valence electrons. The number of likely N-dealkylation sites (tertiary alicyclic amines) is 1. The minimum absolute atomic E-state index is 0. The third kappa shape index (κ3) is 6.96. The third-order valence-electron chi connectivity index (χ3n) is 5.72. The molecular weight excluding hydrogens is 486 g/mol. The molecule has 2 heterocycles. The molecule has 0 radical (unpaired) electrons. The molecule has 1 aromatic rings. The Morgan fingerprint density at radius 2 is 1.86 bits per heavy atom. The highest BCUT2D eigenvalue weighted by atomic mass is 127. The largest absolute Gasteiger partial charge is 0.489 e. The Bertz CT molecular complexity index is 632. The number of hydrogen-bond acceptors (Lipinski definition) is 4. The van der Waals surface area contributed by atoms with Gasteiger partial charge in [0, 0.05) is 32.3 Å².